The van der Waals surface area contributed by atoms with Gasteiger partial charge in [-0.2, -0.15) is 0 Å². The minimum absolute atomic E-state index is 0.330. The van der Waals surface area contributed by atoms with E-state index in [4.69, 9.17) is 16.3 Å². The van der Waals surface area contributed by atoms with Crippen LogP contribution in [0.3, 0.4) is 0 Å². The second kappa shape index (κ2) is 7.35. The number of hydrogen-bond acceptors (Lipinski definition) is 5. The third-order valence-electron chi connectivity index (χ3n) is 4.86. The van der Waals surface area contributed by atoms with Crippen molar-refractivity contribution in [3.8, 4) is 5.69 Å². The van der Waals surface area contributed by atoms with Crippen molar-refractivity contribution in [1.82, 2.24) is 14.8 Å². The molecule has 0 aliphatic heterocycles. The number of hydrogen-bond donors (Lipinski definition) is 0. The van der Waals surface area contributed by atoms with E-state index >= 15 is 0 Å². The van der Waals surface area contributed by atoms with Crippen LogP contribution in [0.2, 0.25) is 5.02 Å². The molecule has 0 radical (unpaired) electrons. The lowest BCUT2D eigenvalue weighted by molar-refractivity contribution is -0.142. The van der Waals surface area contributed by atoms with Crippen LogP contribution in [0.25, 0.3) is 16.5 Å². The van der Waals surface area contributed by atoms with Gasteiger partial charge in [-0.25, -0.2) is 0 Å². The number of methoxy groups -OCH3 is 1. The minimum Gasteiger partial charge on any atom is -0.468 e. The van der Waals surface area contributed by atoms with Crippen molar-refractivity contribution in [3.63, 3.8) is 0 Å². The Balaban J connectivity index is 1.90. The van der Waals surface area contributed by atoms with Crippen molar-refractivity contribution in [2.45, 2.75) is 42.5 Å². The van der Waals surface area contributed by atoms with Crippen LogP contribution in [0.4, 0.5) is 0 Å². The van der Waals surface area contributed by atoms with Gasteiger partial charge in [0.15, 0.2) is 5.16 Å². The Labute approximate surface area is 180 Å². The van der Waals surface area contributed by atoms with E-state index in [1.165, 1.54) is 42.7 Å². The maximum absolute atomic E-state index is 12.2. The number of nitrogens with zero attached hydrogens (tertiary/aromatic N) is 3. The molecule has 1 aromatic heterocycles. The number of aromatic nitrogens is 3. The highest BCUT2D eigenvalue weighted by atomic mass is 79.9. The Morgan fingerprint density at radius 2 is 1.96 bits per heavy atom. The molecular formula is C20H19BrClN3O2S. The van der Waals surface area contributed by atoms with E-state index in [-0.39, 0.29) is 5.97 Å². The summed E-state index contributed by atoms with van der Waals surface area (Å²) in [6, 6.07) is 10.3. The van der Waals surface area contributed by atoms with Gasteiger partial charge in [-0.05, 0) is 65.6 Å². The molecule has 146 valence electrons. The number of ether oxygens (including phenoxy) is 1. The Morgan fingerprint density at radius 3 is 2.61 bits per heavy atom. The number of carbonyl (C=O) groups is 1. The van der Waals surface area contributed by atoms with Gasteiger partial charge >= 0.3 is 5.97 Å². The van der Waals surface area contributed by atoms with Gasteiger partial charge in [-0.1, -0.05) is 47.6 Å². The summed E-state index contributed by atoms with van der Waals surface area (Å²) in [7, 11) is 1.38. The van der Waals surface area contributed by atoms with Crippen LogP contribution < -0.4 is 0 Å². The normalized spacial score (nSPS) is 14.5. The number of fused-ring (bicyclic) bond motifs is 1. The third kappa shape index (κ3) is 3.44. The lowest BCUT2D eigenvalue weighted by Crippen LogP contribution is -2.29. The van der Waals surface area contributed by atoms with Crippen molar-refractivity contribution in [3.05, 3.63) is 45.7 Å². The monoisotopic (exact) mass is 479 g/mol. The van der Waals surface area contributed by atoms with E-state index in [1.54, 1.807) is 13.8 Å². The number of carbonyl (C=O) groups excluding carboxylic acids is 1. The predicted molar refractivity (Wildman–Crippen MR) is 116 cm³/mol. The maximum Gasteiger partial charge on any atom is 0.321 e. The topological polar surface area (TPSA) is 57.0 Å². The molecule has 1 saturated carbocycles. The Kier molecular flexibility index (Phi) is 5.18. The van der Waals surface area contributed by atoms with Gasteiger partial charge in [0.1, 0.15) is 4.75 Å². The summed E-state index contributed by atoms with van der Waals surface area (Å²) < 4.78 is 6.49. The summed E-state index contributed by atoms with van der Waals surface area (Å²) in [6.45, 7) is 3.60. The average molecular weight is 481 g/mol. The zero-order valence-corrected chi connectivity index (χ0v) is 18.9. The first-order valence-electron chi connectivity index (χ1n) is 8.93. The van der Waals surface area contributed by atoms with E-state index in [1.807, 2.05) is 16.7 Å². The molecule has 0 amide bonds. The van der Waals surface area contributed by atoms with Crippen LogP contribution in [0, 0.1) is 0 Å². The van der Waals surface area contributed by atoms with E-state index in [0.29, 0.717) is 20.8 Å². The molecule has 1 fully saturated rings. The zero-order valence-electron chi connectivity index (χ0n) is 15.7. The van der Waals surface area contributed by atoms with Gasteiger partial charge < -0.3 is 4.74 Å². The van der Waals surface area contributed by atoms with Gasteiger partial charge in [-0.3, -0.25) is 9.36 Å². The molecule has 0 saturated heterocycles. The molecule has 0 unspecified atom stereocenters. The summed E-state index contributed by atoms with van der Waals surface area (Å²) >= 11 is 11.6. The van der Waals surface area contributed by atoms with Crippen LogP contribution in [0.15, 0.2) is 40.2 Å². The number of benzene rings is 2. The van der Waals surface area contributed by atoms with E-state index in [9.17, 15) is 4.79 Å². The molecule has 0 spiro atoms. The van der Waals surface area contributed by atoms with E-state index in [0.717, 1.165) is 11.1 Å². The summed E-state index contributed by atoms with van der Waals surface area (Å²) in [4.78, 5) is 12.2. The predicted octanol–water partition coefficient (Wildman–Crippen LogP) is 5.76. The van der Waals surface area contributed by atoms with Crippen molar-refractivity contribution in [2.24, 2.45) is 0 Å². The molecular weight excluding hydrogens is 462 g/mol. The van der Waals surface area contributed by atoms with E-state index in [2.05, 4.69) is 44.3 Å². The fourth-order valence-corrected chi connectivity index (χ4v) is 5.15. The number of rotatable bonds is 5. The molecule has 28 heavy (non-hydrogen) atoms. The Bertz CT molecular complexity index is 1080. The molecule has 0 bridgehead atoms. The highest BCUT2D eigenvalue weighted by Gasteiger charge is 2.34. The van der Waals surface area contributed by atoms with Crippen LogP contribution in [-0.4, -0.2) is 32.6 Å². The van der Waals surface area contributed by atoms with Crippen molar-refractivity contribution in [1.29, 1.82) is 0 Å². The smallest absolute Gasteiger partial charge is 0.321 e. The van der Waals surface area contributed by atoms with E-state index < -0.39 is 4.75 Å². The first-order valence-corrected chi connectivity index (χ1v) is 10.9. The number of thioether (sulfide) groups is 1. The standard InChI is InChI=1S/C20H19BrClN3O2S/c1-20(2,17(26)27-3)28-19-24-23-18(21)25(19)16-13-7-5-4-6-12(13)14(10-15(16)22)11-8-9-11/h4-7,10-11H,8-9H2,1-3H3. The lowest BCUT2D eigenvalue weighted by Gasteiger charge is -2.21. The highest BCUT2D eigenvalue weighted by Crippen LogP contribution is 2.47. The average Bonchev–Trinajstić information content (AvgIpc) is 3.46. The van der Waals surface area contributed by atoms with Crippen molar-refractivity contribution < 1.29 is 9.53 Å². The molecule has 0 N–H and O–H groups in total. The quantitative estimate of drug-likeness (QED) is 0.343. The maximum atomic E-state index is 12.2. The second-order valence-electron chi connectivity index (χ2n) is 7.31. The highest BCUT2D eigenvalue weighted by molar-refractivity contribution is 9.10. The van der Waals surface area contributed by atoms with Gasteiger partial charge in [0, 0.05) is 5.39 Å². The summed E-state index contributed by atoms with van der Waals surface area (Å²) in [5, 5.41) is 11.9. The number of halogens is 2. The molecule has 1 aliphatic carbocycles. The second-order valence-corrected chi connectivity index (χ2v) is 10.0. The molecule has 5 nitrogen and oxygen atoms in total. The fraction of sp³-hybridized carbons (Fsp3) is 0.350. The molecule has 2 aromatic carbocycles. The van der Waals surface area contributed by atoms with Crippen LogP contribution in [0.5, 0.6) is 0 Å². The Hall–Kier alpha value is -1.57. The third-order valence-corrected chi connectivity index (χ3v) is 6.78. The van der Waals surface area contributed by atoms with Crippen LogP contribution in [-0.2, 0) is 9.53 Å². The van der Waals surface area contributed by atoms with Crippen molar-refractivity contribution in [2.75, 3.05) is 7.11 Å². The fourth-order valence-electron chi connectivity index (χ4n) is 3.33. The molecule has 8 heteroatoms. The zero-order chi connectivity index (χ0) is 20.1. The molecule has 0 atom stereocenters. The van der Waals surface area contributed by atoms with Gasteiger partial charge in [-0.15, -0.1) is 10.2 Å². The van der Waals surface area contributed by atoms with Crippen LogP contribution in [0.1, 0.15) is 38.2 Å². The molecule has 1 heterocycles. The minimum atomic E-state index is -0.824. The largest absolute Gasteiger partial charge is 0.468 e. The van der Waals surface area contributed by atoms with Gasteiger partial charge in [0.2, 0.25) is 4.73 Å². The molecule has 3 aromatic rings. The molecule has 4 rings (SSSR count). The summed E-state index contributed by atoms with van der Waals surface area (Å²) in [5.74, 6) is 0.246. The van der Waals surface area contributed by atoms with Gasteiger partial charge in [0.05, 0.1) is 17.8 Å². The lowest BCUT2D eigenvalue weighted by atomic mass is 9.99. The van der Waals surface area contributed by atoms with Crippen molar-refractivity contribution >= 4 is 56.0 Å². The van der Waals surface area contributed by atoms with Gasteiger partial charge in [0.25, 0.3) is 0 Å². The SMILES string of the molecule is COC(=O)C(C)(C)Sc1nnc(Br)n1-c1c(Cl)cc(C2CC2)c2ccccc12. The Morgan fingerprint density at radius 1 is 1.29 bits per heavy atom. The summed E-state index contributed by atoms with van der Waals surface area (Å²) in [6.07, 6.45) is 2.40. The first-order chi connectivity index (χ1) is 13.3. The molecule has 1 aliphatic rings. The first kappa shape index (κ1) is 19.7. The van der Waals surface area contributed by atoms with Crippen LogP contribution >= 0.6 is 39.3 Å². The summed E-state index contributed by atoms with van der Waals surface area (Å²) in [5.41, 5.74) is 2.10. The number of esters is 1.